The fourth-order valence-electron chi connectivity index (χ4n) is 5.17. The first-order chi connectivity index (χ1) is 13.2. The van der Waals surface area contributed by atoms with E-state index in [0.717, 1.165) is 64.3 Å². The van der Waals surface area contributed by atoms with Crippen LogP contribution in [0.25, 0.3) is 0 Å². The fourth-order valence-corrected chi connectivity index (χ4v) is 5.17. The van der Waals surface area contributed by atoms with Gasteiger partial charge in [0.1, 0.15) is 5.82 Å². The Morgan fingerprint density at radius 2 is 2.15 bits per heavy atom. The zero-order valence-corrected chi connectivity index (χ0v) is 16.2. The second-order valence-electron chi connectivity index (χ2n) is 7.92. The molecule has 0 spiro atoms. The van der Waals surface area contributed by atoms with Gasteiger partial charge in [0.05, 0.1) is 31.4 Å². The molecule has 3 fully saturated rings. The second-order valence-corrected chi connectivity index (χ2v) is 7.92. The topological polar surface area (TPSA) is 67.8 Å². The average molecular weight is 374 g/mol. The maximum Gasteiger partial charge on any atom is 0.314 e. The normalized spacial score (nSPS) is 32.0. The Hall–Kier alpha value is -1.73. The van der Waals surface area contributed by atoms with Crippen LogP contribution in [0, 0.1) is 11.3 Å². The van der Waals surface area contributed by atoms with E-state index in [2.05, 4.69) is 19.8 Å². The highest BCUT2D eigenvalue weighted by Crippen LogP contribution is 2.49. The van der Waals surface area contributed by atoms with E-state index < -0.39 is 5.41 Å². The van der Waals surface area contributed by atoms with Crippen molar-refractivity contribution in [3.63, 3.8) is 0 Å². The average Bonchev–Trinajstić information content (AvgIpc) is 2.74. The number of morpholine rings is 1. The van der Waals surface area contributed by atoms with E-state index in [1.807, 2.05) is 6.92 Å². The molecule has 1 aromatic rings. The molecule has 0 aromatic carbocycles. The van der Waals surface area contributed by atoms with E-state index in [4.69, 9.17) is 9.47 Å². The maximum atomic E-state index is 13.1. The van der Waals surface area contributed by atoms with Crippen molar-refractivity contribution in [3.8, 4) is 0 Å². The zero-order valence-electron chi connectivity index (χ0n) is 16.2. The van der Waals surface area contributed by atoms with E-state index >= 15 is 0 Å². The molecule has 0 N–H and O–H groups in total. The molecule has 2 saturated heterocycles. The maximum absolute atomic E-state index is 13.1. The van der Waals surface area contributed by atoms with E-state index in [0.29, 0.717) is 25.1 Å². The molecule has 27 heavy (non-hydrogen) atoms. The Kier molecular flexibility index (Phi) is 5.59. The lowest BCUT2D eigenvalue weighted by Gasteiger charge is -2.52. The molecule has 1 aromatic heterocycles. The van der Waals surface area contributed by atoms with Gasteiger partial charge in [-0.05, 0) is 38.5 Å². The summed E-state index contributed by atoms with van der Waals surface area (Å²) >= 11 is 0. The SMILES string of the molecule is CCOC(=O)[C@@]12CC[C@@H](N3CCOCC3)C[C@H]1CCN(c1cnccn1)C2. The Bertz CT molecular complexity index is 637. The van der Waals surface area contributed by atoms with Gasteiger partial charge in [0, 0.05) is 44.6 Å². The summed E-state index contributed by atoms with van der Waals surface area (Å²) in [5, 5.41) is 0. The summed E-state index contributed by atoms with van der Waals surface area (Å²) in [6.45, 7) is 7.60. The first kappa shape index (κ1) is 18.6. The van der Waals surface area contributed by atoms with Gasteiger partial charge in [-0.25, -0.2) is 4.98 Å². The van der Waals surface area contributed by atoms with Crippen LogP contribution in [-0.2, 0) is 14.3 Å². The van der Waals surface area contributed by atoms with Crippen LogP contribution in [0.2, 0.25) is 0 Å². The monoisotopic (exact) mass is 374 g/mol. The Morgan fingerprint density at radius 1 is 1.30 bits per heavy atom. The molecule has 2 aliphatic heterocycles. The molecule has 7 heteroatoms. The van der Waals surface area contributed by atoms with E-state index in [9.17, 15) is 4.79 Å². The van der Waals surface area contributed by atoms with Gasteiger partial charge in [-0.2, -0.15) is 0 Å². The lowest BCUT2D eigenvalue weighted by molar-refractivity contribution is -0.164. The van der Waals surface area contributed by atoms with Gasteiger partial charge in [-0.1, -0.05) is 0 Å². The third-order valence-electron chi connectivity index (χ3n) is 6.60. The van der Waals surface area contributed by atoms with Crippen molar-refractivity contribution in [1.29, 1.82) is 0 Å². The number of nitrogens with zero attached hydrogens (tertiary/aromatic N) is 4. The highest BCUT2D eigenvalue weighted by molar-refractivity contribution is 5.79. The number of esters is 1. The van der Waals surface area contributed by atoms with Crippen LogP contribution in [0.1, 0.15) is 32.6 Å². The van der Waals surface area contributed by atoms with Gasteiger partial charge in [0.2, 0.25) is 0 Å². The number of hydrogen-bond donors (Lipinski definition) is 0. The molecule has 0 unspecified atom stereocenters. The molecule has 3 aliphatic rings. The molecule has 7 nitrogen and oxygen atoms in total. The number of hydrogen-bond acceptors (Lipinski definition) is 7. The molecule has 3 heterocycles. The summed E-state index contributed by atoms with van der Waals surface area (Å²) in [4.78, 5) is 26.5. The summed E-state index contributed by atoms with van der Waals surface area (Å²) in [5.41, 5.74) is -0.422. The molecule has 4 rings (SSSR count). The Balaban J connectivity index is 1.54. The molecule has 148 valence electrons. The molecular formula is C20H30N4O3. The number of rotatable bonds is 4. The zero-order chi connectivity index (χ0) is 18.7. The quantitative estimate of drug-likeness (QED) is 0.744. The molecule has 1 saturated carbocycles. The summed E-state index contributed by atoms with van der Waals surface area (Å²) in [6, 6.07) is 0.560. The van der Waals surface area contributed by atoms with Gasteiger partial charge in [-0.15, -0.1) is 0 Å². The molecule has 3 atom stereocenters. The van der Waals surface area contributed by atoms with Gasteiger partial charge in [0.25, 0.3) is 0 Å². The molecule has 1 aliphatic carbocycles. The van der Waals surface area contributed by atoms with Gasteiger partial charge >= 0.3 is 5.97 Å². The summed E-state index contributed by atoms with van der Waals surface area (Å²) in [5.74, 6) is 1.20. The number of piperidine rings is 1. The number of anilines is 1. The molecular weight excluding hydrogens is 344 g/mol. The molecule has 0 bridgehead atoms. The Labute approximate surface area is 161 Å². The van der Waals surface area contributed by atoms with Crippen LogP contribution in [0.4, 0.5) is 5.82 Å². The van der Waals surface area contributed by atoms with Crippen LogP contribution in [-0.4, -0.2) is 72.9 Å². The van der Waals surface area contributed by atoms with Crippen molar-refractivity contribution in [2.75, 3.05) is 50.9 Å². The van der Waals surface area contributed by atoms with Crippen molar-refractivity contribution in [3.05, 3.63) is 18.6 Å². The molecule has 0 radical (unpaired) electrons. The van der Waals surface area contributed by atoms with Crippen LogP contribution in [0.3, 0.4) is 0 Å². The van der Waals surface area contributed by atoms with Gasteiger partial charge < -0.3 is 14.4 Å². The summed E-state index contributed by atoms with van der Waals surface area (Å²) in [7, 11) is 0. The van der Waals surface area contributed by atoms with E-state index in [1.165, 1.54) is 0 Å². The van der Waals surface area contributed by atoms with E-state index in [1.54, 1.807) is 18.6 Å². The first-order valence-electron chi connectivity index (χ1n) is 10.2. The standard InChI is InChI=1S/C20H30N4O3/c1-2-27-19(25)20-5-3-17(23-9-11-26-12-10-23)13-16(20)4-8-24(15-20)18-14-21-6-7-22-18/h6-7,14,16-17H,2-5,8-13,15H2,1H3/t16-,17-,20-/m1/s1. The number of ether oxygens (including phenoxy) is 2. The minimum absolute atomic E-state index is 0.0241. The third-order valence-corrected chi connectivity index (χ3v) is 6.60. The summed E-state index contributed by atoms with van der Waals surface area (Å²) < 4.78 is 11.1. The fraction of sp³-hybridized carbons (Fsp3) is 0.750. The van der Waals surface area contributed by atoms with Crippen molar-refractivity contribution < 1.29 is 14.3 Å². The smallest absolute Gasteiger partial charge is 0.314 e. The highest BCUT2D eigenvalue weighted by Gasteiger charge is 2.53. The largest absolute Gasteiger partial charge is 0.466 e. The number of carbonyl (C=O) groups is 1. The van der Waals surface area contributed by atoms with E-state index in [-0.39, 0.29) is 5.97 Å². The van der Waals surface area contributed by atoms with Crippen molar-refractivity contribution in [2.24, 2.45) is 11.3 Å². The van der Waals surface area contributed by atoms with Crippen LogP contribution < -0.4 is 4.90 Å². The van der Waals surface area contributed by atoms with Crippen molar-refractivity contribution in [2.45, 2.75) is 38.6 Å². The van der Waals surface area contributed by atoms with Crippen molar-refractivity contribution in [1.82, 2.24) is 14.9 Å². The van der Waals surface area contributed by atoms with Crippen molar-refractivity contribution >= 4 is 11.8 Å². The lowest BCUT2D eigenvalue weighted by atomic mass is 9.61. The van der Waals surface area contributed by atoms with Gasteiger partial charge in [-0.3, -0.25) is 14.7 Å². The third kappa shape index (κ3) is 3.67. The predicted molar refractivity (Wildman–Crippen MR) is 101 cm³/mol. The minimum atomic E-state index is -0.422. The lowest BCUT2D eigenvalue weighted by Crippen LogP contribution is -2.59. The van der Waals surface area contributed by atoms with Crippen LogP contribution in [0.15, 0.2) is 18.6 Å². The van der Waals surface area contributed by atoms with Gasteiger partial charge in [0.15, 0.2) is 0 Å². The number of aromatic nitrogens is 2. The number of fused-ring (bicyclic) bond motifs is 1. The van der Waals surface area contributed by atoms with Crippen LogP contribution in [0.5, 0.6) is 0 Å². The summed E-state index contributed by atoms with van der Waals surface area (Å²) in [6.07, 6.45) is 9.19. The highest BCUT2D eigenvalue weighted by atomic mass is 16.5. The first-order valence-corrected chi connectivity index (χ1v) is 10.2. The number of carbonyl (C=O) groups excluding carboxylic acids is 1. The predicted octanol–water partition coefficient (Wildman–Crippen LogP) is 1.74. The van der Waals surface area contributed by atoms with Crippen LogP contribution >= 0.6 is 0 Å². The minimum Gasteiger partial charge on any atom is -0.466 e. The second kappa shape index (κ2) is 8.10. The Morgan fingerprint density at radius 3 is 2.89 bits per heavy atom. The molecule has 0 amide bonds.